The van der Waals surface area contributed by atoms with Crippen molar-refractivity contribution in [2.24, 2.45) is 10.4 Å². The summed E-state index contributed by atoms with van der Waals surface area (Å²) in [4.78, 5) is 5.02. The van der Waals surface area contributed by atoms with Crippen molar-refractivity contribution >= 4 is 34.9 Å². The van der Waals surface area contributed by atoms with Crippen molar-refractivity contribution in [3.63, 3.8) is 0 Å². The van der Waals surface area contributed by atoms with Gasteiger partial charge in [0.1, 0.15) is 11.6 Å². The molecule has 1 N–H and O–H groups in total. The van der Waals surface area contributed by atoms with E-state index in [9.17, 15) is 0 Å². The van der Waals surface area contributed by atoms with Gasteiger partial charge in [-0.1, -0.05) is 29.8 Å². The Balaban J connectivity index is 1.70. The standard InChI is InChI=1S/C21H23ClN2OS/c1-25-19-7-3-6-18-17(19)13-21(8-10-26-11-9-21)20(24-18)23-14-15-4-2-5-16(22)12-15/h2-7,12H,8-11,13-14H2,1H3,(H,23,24). The molecule has 5 heteroatoms. The molecule has 2 aromatic rings. The predicted molar refractivity (Wildman–Crippen MR) is 112 cm³/mol. The zero-order chi connectivity index (χ0) is 18.0. The van der Waals surface area contributed by atoms with Gasteiger partial charge in [0.05, 0.1) is 13.7 Å². The first-order chi connectivity index (χ1) is 12.7. The van der Waals surface area contributed by atoms with Gasteiger partial charge in [0, 0.05) is 21.7 Å². The van der Waals surface area contributed by atoms with Gasteiger partial charge >= 0.3 is 0 Å². The second-order valence-electron chi connectivity index (χ2n) is 6.98. The zero-order valence-electron chi connectivity index (χ0n) is 14.9. The molecule has 26 heavy (non-hydrogen) atoms. The molecule has 1 saturated heterocycles. The van der Waals surface area contributed by atoms with Gasteiger partial charge in [-0.3, -0.25) is 4.99 Å². The molecule has 0 bridgehead atoms. The first-order valence-corrected chi connectivity index (χ1v) is 10.5. The minimum atomic E-state index is 0.0887. The molecule has 2 heterocycles. The van der Waals surface area contributed by atoms with E-state index < -0.39 is 0 Å². The van der Waals surface area contributed by atoms with Crippen molar-refractivity contribution in [2.75, 3.05) is 23.9 Å². The van der Waals surface area contributed by atoms with Gasteiger partial charge in [-0.2, -0.15) is 11.8 Å². The van der Waals surface area contributed by atoms with Crippen LogP contribution in [0.15, 0.2) is 47.5 Å². The van der Waals surface area contributed by atoms with Crippen molar-refractivity contribution in [1.29, 1.82) is 0 Å². The highest BCUT2D eigenvalue weighted by atomic mass is 35.5. The minimum absolute atomic E-state index is 0.0887. The molecule has 0 unspecified atom stereocenters. The first-order valence-electron chi connectivity index (χ1n) is 9.00. The zero-order valence-corrected chi connectivity index (χ0v) is 16.5. The van der Waals surface area contributed by atoms with E-state index in [-0.39, 0.29) is 5.41 Å². The number of rotatable bonds is 3. The summed E-state index contributed by atoms with van der Waals surface area (Å²) < 4.78 is 5.62. The number of fused-ring (bicyclic) bond motifs is 1. The lowest BCUT2D eigenvalue weighted by Crippen LogP contribution is -2.44. The fourth-order valence-electron chi connectivity index (χ4n) is 3.93. The summed E-state index contributed by atoms with van der Waals surface area (Å²) in [6.45, 7) is 0.650. The van der Waals surface area contributed by atoms with Crippen LogP contribution in [-0.4, -0.2) is 24.5 Å². The van der Waals surface area contributed by atoms with E-state index >= 15 is 0 Å². The second kappa shape index (κ2) is 7.53. The largest absolute Gasteiger partial charge is 0.496 e. The molecule has 2 aromatic carbocycles. The maximum Gasteiger partial charge on any atom is 0.124 e. The topological polar surface area (TPSA) is 33.6 Å². The molecule has 3 nitrogen and oxygen atoms in total. The van der Waals surface area contributed by atoms with Gasteiger partial charge in [0.15, 0.2) is 0 Å². The van der Waals surface area contributed by atoms with Gasteiger partial charge in [0.25, 0.3) is 0 Å². The van der Waals surface area contributed by atoms with Crippen LogP contribution in [-0.2, 0) is 13.0 Å². The lowest BCUT2D eigenvalue weighted by Gasteiger charge is -2.42. The Morgan fingerprint density at radius 1 is 1.19 bits per heavy atom. The van der Waals surface area contributed by atoms with Crippen molar-refractivity contribution < 1.29 is 4.74 Å². The number of amidine groups is 1. The lowest BCUT2D eigenvalue weighted by atomic mass is 9.72. The van der Waals surface area contributed by atoms with Crippen LogP contribution in [0.5, 0.6) is 5.75 Å². The van der Waals surface area contributed by atoms with E-state index in [0.717, 1.165) is 47.1 Å². The predicted octanol–water partition coefficient (Wildman–Crippen LogP) is 5.43. The van der Waals surface area contributed by atoms with Crippen molar-refractivity contribution in [3.05, 3.63) is 58.6 Å². The number of nitrogens with zero attached hydrogens (tertiary/aromatic N) is 1. The summed E-state index contributed by atoms with van der Waals surface area (Å²) in [5.74, 6) is 4.46. The van der Waals surface area contributed by atoms with E-state index in [0.29, 0.717) is 6.54 Å². The molecular formula is C21H23ClN2OS. The Bertz CT molecular complexity index is 831. The third-order valence-corrected chi connectivity index (χ3v) is 6.60. The normalized spacial score (nSPS) is 19.8. The number of halogens is 1. The van der Waals surface area contributed by atoms with Crippen LogP contribution in [0.2, 0.25) is 5.02 Å². The number of nitrogens with one attached hydrogen (secondary N) is 1. The number of hydrogen-bond donors (Lipinski definition) is 1. The van der Waals surface area contributed by atoms with Crippen LogP contribution in [0.25, 0.3) is 0 Å². The highest BCUT2D eigenvalue weighted by Gasteiger charge is 2.42. The number of anilines is 1. The van der Waals surface area contributed by atoms with E-state index in [2.05, 4.69) is 23.5 Å². The maximum absolute atomic E-state index is 6.13. The smallest absolute Gasteiger partial charge is 0.124 e. The van der Waals surface area contributed by atoms with Crippen LogP contribution in [0.4, 0.5) is 5.69 Å². The molecular weight excluding hydrogens is 364 g/mol. The van der Waals surface area contributed by atoms with E-state index in [1.165, 1.54) is 17.1 Å². The van der Waals surface area contributed by atoms with Crippen LogP contribution in [0, 0.1) is 5.41 Å². The van der Waals surface area contributed by atoms with E-state index in [4.69, 9.17) is 21.3 Å². The fourth-order valence-corrected chi connectivity index (χ4v) is 5.41. The minimum Gasteiger partial charge on any atom is -0.496 e. The lowest BCUT2D eigenvalue weighted by molar-refractivity contribution is 0.359. The van der Waals surface area contributed by atoms with Gasteiger partial charge in [-0.15, -0.1) is 0 Å². The Morgan fingerprint density at radius 2 is 2.00 bits per heavy atom. The highest BCUT2D eigenvalue weighted by Crippen LogP contribution is 2.46. The van der Waals surface area contributed by atoms with Crippen LogP contribution >= 0.6 is 23.4 Å². The molecule has 2 aliphatic heterocycles. The molecule has 0 saturated carbocycles. The Kier molecular flexibility index (Phi) is 5.14. The summed E-state index contributed by atoms with van der Waals surface area (Å²) in [7, 11) is 1.75. The van der Waals surface area contributed by atoms with Gasteiger partial charge in [0.2, 0.25) is 0 Å². The average Bonchev–Trinajstić information content (AvgIpc) is 2.67. The van der Waals surface area contributed by atoms with Crippen molar-refractivity contribution in [1.82, 2.24) is 0 Å². The average molecular weight is 387 g/mol. The summed E-state index contributed by atoms with van der Waals surface area (Å²) in [6.07, 6.45) is 3.29. The van der Waals surface area contributed by atoms with Crippen LogP contribution in [0.3, 0.4) is 0 Å². The summed E-state index contributed by atoms with van der Waals surface area (Å²) >= 11 is 8.17. The molecule has 0 aromatic heterocycles. The molecule has 136 valence electrons. The first kappa shape index (κ1) is 17.7. The molecule has 1 fully saturated rings. The van der Waals surface area contributed by atoms with E-state index in [1.54, 1.807) is 7.11 Å². The van der Waals surface area contributed by atoms with Crippen LogP contribution < -0.4 is 10.1 Å². The Morgan fingerprint density at radius 3 is 2.77 bits per heavy atom. The number of ether oxygens (including phenoxy) is 1. The number of thioether (sulfide) groups is 1. The van der Waals surface area contributed by atoms with E-state index in [1.807, 2.05) is 36.0 Å². The molecule has 0 aliphatic carbocycles. The molecule has 0 atom stereocenters. The quantitative estimate of drug-likeness (QED) is 0.763. The monoisotopic (exact) mass is 386 g/mol. The van der Waals surface area contributed by atoms with Gasteiger partial charge in [-0.25, -0.2) is 0 Å². The number of benzene rings is 2. The Hall–Kier alpha value is -1.65. The highest BCUT2D eigenvalue weighted by molar-refractivity contribution is 7.99. The maximum atomic E-state index is 6.13. The van der Waals surface area contributed by atoms with Crippen molar-refractivity contribution in [2.45, 2.75) is 25.8 Å². The van der Waals surface area contributed by atoms with Crippen LogP contribution in [0.1, 0.15) is 24.0 Å². The summed E-state index contributed by atoms with van der Waals surface area (Å²) in [5, 5.41) is 4.41. The second-order valence-corrected chi connectivity index (χ2v) is 8.64. The van der Waals surface area contributed by atoms with Gasteiger partial charge < -0.3 is 10.1 Å². The van der Waals surface area contributed by atoms with Gasteiger partial charge in [-0.05, 0) is 60.6 Å². The Labute approximate surface area is 164 Å². The molecule has 2 aliphatic rings. The number of hydrogen-bond acceptors (Lipinski definition) is 3. The van der Waals surface area contributed by atoms with Crippen molar-refractivity contribution in [3.8, 4) is 5.75 Å². The third kappa shape index (κ3) is 3.45. The molecule has 1 spiro atoms. The number of aliphatic imine (C=N–C) groups is 1. The summed E-state index contributed by atoms with van der Waals surface area (Å²) in [6, 6.07) is 14.2. The SMILES string of the molecule is COc1cccc2c1CC1(CCSCC1)C(=NCc1cccc(Cl)c1)N2. The molecule has 4 rings (SSSR count). The molecule has 0 amide bonds. The summed E-state index contributed by atoms with van der Waals surface area (Å²) in [5.41, 5.74) is 3.64. The number of methoxy groups -OCH3 is 1. The third-order valence-electron chi connectivity index (χ3n) is 5.38. The fraction of sp³-hybridized carbons (Fsp3) is 0.381. The molecule has 0 radical (unpaired) electrons.